The van der Waals surface area contributed by atoms with Crippen LogP contribution in [0, 0.1) is 0 Å². The van der Waals surface area contributed by atoms with Crippen molar-refractivity contribution < 1.29 is 17.6 Å². The van der Waals surface area contributed by atoms with Gasteiger partial charge < -0.3 is 0 Å². The van der Waals surface area contributed by atoms with E-state index in [9.17, 15) is 17.6 Å². The first kappa shape index (κ1) is 9.94. The van der Waals surface area contributed by atoms with Gasteiger partial charge >= 0.3 is 10.8 Å². The minimum atomic E-state index is -4.16. The summed E-state index contributed by atoms with van der Waals surface area (Å²) in [5.74, 6) is -4.11. The van der Waals surface area contributed by atoms with Gasteiger partial charge in [0.15, 0.2) is 0 Å². The lowest BCUT2D eigenvalue weighted by molar-refractivity contribution is -0.111. The molecule has 0 unspecified atom stereocenters. The maximum absolute atomic E-state index is 12.0. The summed E-state index contributed by atoms with van der Waals surface area (Å²) in [6.07, 6.45) is 1.01. The van der Waals surface area contributed by atoms with Gasteiger partial charge in [0.2, 0.25) is 0 Å². The summed E-state index contributed by atoms with van der Waals surface area (Å²) < 4.78 is 47.7. The smallest absolute Gasteiger partial charge is 0.194 e. The molecular weight excluding hydrogens is 216 g/mol. The maximum Gasteiger partial charge on any atom is 0.367 e. The predicted molar refractivity (Wildman–Crippen MR) is 33.6 cm³/mol. The third-order valence-corrected chi connectivity index (χ3v) is 1.28. The molecular formula is C5H5BrF4. The van der Waals surface area contributed by atoms with Gasteiger partial charge in [-0.3, -0.25) is 0 Å². The molecule has 5 heteroatoms. The van der Waals surface area contributed by atoms with Crippen LogP contribution in [-0.4, -0.2) is 10.8 Å². The Hall–Kier alpha value is -0.0600. The van der Waals surface area contributed by atoms with Crippen LogP contribution >= 0.6 is 15.9 Å². The van der Waals surface area contributed by atoms with Crippen LogP contribution in [0.2, 0.25) is 0 Å². The minimum Gasteiger partial charge on any atom is -0.194 e. The highest BCUT2D eigenvalue weighted by atomic mass is 79.9. The van der Waals surface area contributed by atoms with E-state index < -0.39 is 10.8 Å². The first-order valence-corrected chi connectivity index (χ1v) is 3.19. The van der Waals surface area contributed by atoms with Gasteiger partial charge in [0.05, 0.1) is 0 Å². The lowest BCUT2D eigenvalue weighted by Crippen LogP contribution is -2.32. The van der Waals surface area contributed by atoms with E-state index in [1.165, 1.54) is 6.92 Å². The molecule has 0 nitrogen and oxygen atoms in total. The zero-order chi connectivity index (χ0) is 8.41. The van der Waals surface area contributed by atoms with E-state index >= 15 is 0 Å². The fraction of sp³-hybridized carbons (Fsp3) is 0.600. The summed E-state index contributed by atoms with van der Waals surface area (Å²) in [5.41, 5.74) is 0. The molecule has 0 aliphatic rings. The molecule has 0 saturated heterocycles. The van der Waals surface area contributed by atoms with Gasteiger partial charge in [-0.1, -0.05) is 6.08 Å². The molecule has 0 aromatic rings. The van der Waals surface area contributed by atoms with Crippen molar-refractivity contribution in [2.24, 2.45) is 0 Å². The summed E-state index contributed by atoms with van der Waals surface area (Å²) >= 11 is 1.57. The van der Waals surface area contributed by atoms with Gasteiger partial charge in [-0.15, -0.1) is 0 Å². The molecule has 0 atom stereocenters. The second-order valence-corrected chi connectivity index (χ2v) is 2.62. The van der Waals surface area contributed by atoms with Crippen LogP contribution in [0.1, 0.15) is 6.92 Å². The van der Waals surface area contributed by atoms with Gasteiger partial charge in [-0.2, -0.15) is 17.6 Å². The summed E-state index contributed by atoms with van der Waals surface area (Å²) in [7, 11) is 0. The summed E-state index contributed by atoms with van der Waals surface area (Å²) in [4.78, 5) is -4.16. The Labute approximate surface area is 64.0 Å². The highest BCUT2D eigenvalue weighted by Gasteiger charge is 2.51. The molecule has 0 bridgehead atoms. The Morgan fingerprint density at radius 3 is 1.70 bits per heavy atom. The molecule has 0 amide bonds. The van der Waals surface area contributed by atoms with Crippen molar-refractivity contribution in [2.75, 3.05) is 0 Å². The monoisotopic (exact) mass is 220 g/mol. The van der Waals surface area contributed by atoms with E-state index in [0.29, 0.717) is 0 Å². The van der Waals surface area contributed by atoms with Crippen molar-refractivity contribution in [1.29, 1.82) is 0 Å². The predicted octanol–water partition coefficient (Wildman–Crippen LogP) is 3.19. The van der Waals surface area contributed by atoms with Crippen molar-refractivity contribution in [3.63, 3.8) is 0 Å². The molecule has 0 heterocycles. The Kier molecular flexibility index (Phi) is 2.88. The van der Waals surface area contributed by atoms with Gasteiger partial charge in [-0.05, 0) is 28.9 Å². The molecule has 0 radical (unpaired) electrons. The molecule has 0 fully saturated rings. The van der Waals surface area contributed by atoms with E-state index in [0.717, 1.165) is 6.08 Å². The fourth-order valence-corrected chi connectivity index (χ4v) is 0.436. The highest BCUT2D eigenvalue weighted by Crippen LogP contribution is 2.40. The molecule has 0 saturated carbocycles. The van der Waals surface area contributed by atoms with E-state index in [4.69, 9.17) is 0 Å². The number of rotatable bonds is 2. The second-order valence-electron chi connectivity index (χ2n) is 1.62. The molecule has 60 valence electrons. The number of hydrogen-bond donors (Lipinski definition) is 0. The average molecular weight is 221 g/mol. The van der Waals surface area contributed by atoms with E-state index in [2.05, 4.69) is 0 Å². The Balaban J connectivity index is 4.40. The van der Waals surface area contributed by atoms with Crippen LogP contribution in [0.15, 0.2) is 12.2 Å². The van der Waals surface area contributed by atoms with E-state index in [1.807, 2.05) is 0 Å². The van der Waals surface area contributed by atoms with Gasteiger partial charge in [0.1, 0.15) is 0 Å². The quantitative estimate of drug-likeness (QED) is 0.381. The first-order chi connectivity index (χ1) is 4.31. The Bertz CT molecular complexity index is 135. The largest absolute Gasteiger partial charge is 0.367 e. The molecule has 0 N–H and O–H groups in total. The topological polar surface area (TPSA) is 0 Å². The van der Waals surface area contributed by atoms with Crippen LogP contribution in [0.5, 0.6) is 0 Å². The van der Waals surface area contributed by atoms with Crippen molar-refractivity contribution >= 4 is 15.9 Å². The van der Waals surface area contributed by atoms with Gasteiger partial charge in [0.25, 0.3) is 0 Å². The Morgan fingerprint density at radius 1 is 1.20 bits per heavy atom. The van der Waals surface area contributed by atoms with Crippen LogP contribution in [0.25, 0.3) is 0 Å². The molecule has 0 aromatic heterocycles. The molecule has 10 heavy (non-hydrogen) atoms. The molecule has 0 aliphatic heterocycles. The number of hydrogen-bond acceptors (Lipinski definition) is 0. The molecule has 0 aromatic carbocycles. The summed E-state index contributed by atoms with van der Waals surface area (Å²) in [5, 5.41) is 0. The summed E-state index contributed by atoms with van der Waals surface area (Å²) in [6.45, 7) is 1.24. The Morgan fingerprint density at radius 2 is 1.60 bits per heavy atom. The summed E-state index contributed by atoms with van der Waals surface area (Å²) in [6, 6.07) is 0. The molecule has 0 aliphatic carbocycles. The van der Waals surface area contributed by atoms with Crippen molar-refractivity contribution in [3.05, 3.63) is 12.2 Å². The minimum absolute atomic E-state index is 0.141. The lowest BCUT2D eigenvalue weighted by atomic mass is 10.3. The highest BCUT2D eigenvalue weighted by molar-refractivity contribution is 9.10. The second kappa shape index (κ2) is 2.90. The zero-order valence-electron chi connectivity index (χ0n) is 5.04. The molecule has 0 spiro atoms. The van der Waals surface area contributed by atoms with E-state index in [-0.39, 0.29) is 6.08 Å². The number of halogens is 5. The van der Waals surface area contributed by atoms with Crippen LogP contribution in [0.4, 0.5) is 17.6 Å². The third-order valence-electron chi connectivity index (χ3n) is 0.754. The fourth-order valence-electron chi connectivity index (χ4n) is 0.304. The first-order valence-electron chi connectivity index (χ1n) is 2.39. The van der Waals surface area contributed by atoms with Crippen molar-refractivity contribution in [2.45, 2.75) is 17.7 Å². The van der Waals surface area contributed by atoms with E-state index in [1.54, 1.807) is 15.9 Å². The van der Waals surface area contributed by atoms with Crippen LogP contribution in [0.3, 0.4) is 0 Å². The van der Waals surface area contributed by atoms with Gasteiger partial charge in [0, 0.05) is 0 Å². The van der Waals surface area contributed by atoms with Crippen molar-refractivity contribution in [3.8, 4) is 0 Å². The normalized spacial score (nSPS) is 14.6. The lowest BCUT2D eigenvalue weighted by Gasteiger charge is -2.16. The SMILES string of the molecule is C/C=C/C(F)(F)C(F)(F)Br. The van der Waals surface area contributed by atoms with Gasteiger partial charge in [-0.25, -0.2) is 0 Å². The maximum atomic E-state index is 12.0. The third kappa shape index (κ3) is 2.28. The van der Waals surface area contributed by atoms with Crippen LogP contribution < -0.4 is 0 Å². The standard InChI is InChI=1S/C5H5BrF4/c1-2-3-4(7,8)5(6,9)10/h2-3H,1H3/b3-2+. The van der Waals surface area contributed by atoms with Crippen molar-refractivity contribution in [1.82, 2.24) is 0 Å². The average Bonchev–Trinajstić information content (AvgIpc) is 1.61. The number of alkyl halides is 5. The zero-order valence-corrected chi connectivity index (χ0v) is 6.63. The van der Waals surface area contributed by atoms with Crippen LogP contribution in [-0.2, 0) is 0 Å². The number of allylic oxidation sites excluding steroid dienone is 2. The molecule has 0 rings (SSSR count).